The number of amides is 1. The van der Waals surface area contributed by atoms with E-state index in [9.17, 15) is 4.79 Å². The van der Waals surface area contributed by atoms with Gasteiger partial charge in [-0.1, -0.05) is 6.92 Å². The molecule has 0 spiro atoms. The van der Waals surface area contributed by atoms with E-state index in [2.05, 4.69) is 22.4 Å². The fraction of sp³-hybridized carbons (Fsp3) is 0.286. The average Bonchev–Trinajstić information content (AvgIpc) is 2.87. The summed E-state index contributed by atoms with van der Waals surface area (Å²) < 4.78 is 5.68. The van der Waals surface area contributed by atoms with Gasteiger partial charge in [0.2, 0.25) is 5.91 Å². The molecule has 98 valence electrons. The second kappa shape index (κ2) is 4.76. The van der Waals surface area contributed by atoms with E-state index < -0.39 is 0 Å². The predicted octanol–water partition coefficient (Wildman–Crippen LogP) is 2.78. The standard InChI is InChI=1S/C14H15N3O2/c1-9-6-12(9)13-4-2-11(19-13)3-5-14(18)17-10-7-15-16-8-10/h2-5,7-9,12H,6H2,1H3,(H,15,16)(H,17,18)/b5-3+. The molecular formula is C14H15N3O2. The maximum absolute atomic E-state index is 11.6. The Balaban J connectivity index is 1.59. The molecule has 2 atom stereocenters. The number of H-pyrrole nitrogens is 1. The summed E-state index contributed by atoms with van der Waals surface area (Å²) in [6.45, 7) is 2.21. The molecule has 2 aromatic heterocycles. The summed E-state index contributed by atoms with van der Waals surface area (Å²) in [5.74, 6) is 2.78. The van der Waals surface area contributed by atoms with Gasteiger partial charge in [0.1, 0.15) is 11.5 Å². The van der Waals surface area contributed by atoms with Crippen LogP contribution in [0.15, 0.2) is 35.0 Å². The number of nitrogens with zero attached hydrogens (tertiary/aromatic N) is 1. The quantitative estimate of drug-likeness (QED) is 0.827. The zero-order chi connectivity index (χ0) is 13.2. The van der Waals surface area contributed by atoms with Crippen LogP contribution >= 0.6 is 0 Å². The van der Waals surface area contributed by atoms with Gasteiger partial charge in [-0.05, 0) is 30.5 Å². The van der Waals surface area contributed by atoms with Crippen molar-refractivity contribution in [3.63, 3.8) is 0 Å². The summed E-state index contributed by atoms with van der Waals surface area (Å²) in [5, 5.41) is 9.06. The molecule has 2 unspecified atom stereocenters. The second-order valence-electron chi connectivity index (χ2n) is 4.87. The van der Waals surface area contributed by atoms with E-state index >= 15 is 0 Å². The number of carbonyl (C=O) groups excluding carboxylic acids is 1. The molecular weight excluding hydrogens is 242 g/mol. The van der Waals surface area contributed by atoms with Gasteiger partial charge < -0.3 is 9.73 Å². The topological polar surface area (TPSA) is 70.9 Å². The van der Waals surface area contributed by atoms with E-state index in [1.807, 2.05) is 12.1 Å². The van der Waals surface area contributed by atoms with Crippen molar-refractivity contribution in [1.82, 2.24) is 10.2 Å². The lowest BCUT2D eigenvalue weighted by molar-refractivity contribution is -0.111. The summed E-state index contributed by atoms with van der Waals surface area (Å²) >= 11 is 0. The molecule has 0 bridgehead atoms. The van der Waals surface area contributed by atoms with E-state index in [4.69, 9.17) is 4.42 Å². The molecule has 1 aliphatic rings. The van der Waals surface area contributed by atoms with Gasteiger partial charge >= 0.3 is 0 Å². The van der Waals surface area contributed by atoms with Crippen LogP contribution < -0.4 is 5.32 Å². The number of anilines is 1. The molecule has 1 aliphatic carbocycles. The molecule has 19 heavy (non-hydrogen) atoms. The summed E-state index contributed by atoms with van der Waals surface area (Å²) in [6.07, 6.45) is 7.48. The number of aromatic nitrogens is 2. The first-order valence-electron chi connectivity index (χ1n) is 6.30. The minimum atomic E-state index is -0.209. The molecule has 5 nitrogen and oxygen atoms in total. The van der Waals surface area contributed by atoms with Crippen LogP contribution in [-0.2, 0) is 4.79 Å². The highest BCUT2D eigenvalue weighted by Gasteiger charge is 2.36. The Morgan fingerprint density at radius 1 is 1.58 bits per heavy atom. The fourth-order valence-electron chi connectivity index (χ4n) is 2.04. The van der Waals surface area contributed by atoms with E-state index in [1.54, 1.807) is 18.5 Å². The van der Waals surface area contributed by atoms with Crippen molar-refractivity contribution in [2.24, 2.45) is 5.92 Å². The Labute approximate surface area is 110 Å². The number of nitrogens with one attached hydrogen (secondary N) is 2. The van der Waals surface area contributed by atoms with Crippen LogP contribution in [0.1, 0.15) is 30.8 Å². The third-order valence-corrected chi connectivity index (χ3v) is 3.29. The monoisotopic (exact) mass is 257 g/mol. The summed E-state index contributed by atoms with van der Waals surface area (Å²) in [5.41, 5.74) is 0.640. The molecule has 0 aliphatic heterocycles. The summed E-state index contributed by atoms with van der Waals surface area (Å²) in [4.78, 5) is 11.6. The van der Waals surface area contributed by atoms with Crippen LogP contribution in [0.2, 0.25) is 0 Å². The minimum Gasteiger partial charge on any atom is -0.461 e. The average molecular weight is 257 g/mol. The van der Waals surface area contributed by atoms with Gasteiger partial charge in [0.15, 0.2) is 0 Å². The Hall–Kier alpha value is -2.30. The number of hydrogen-bond acceptors (Lipinski definition) is 3. The number of rotatable bonds is 4. The zero-order valence-corrected chi connectivity index (χ0v) is 10.6. The molecule has 2 aromatic rings. The lowest BCUT2D eigenvalue weighted by Crippen LogP contribution is -2.06. The van der Waals surface area contributed by atoms with Gasteiger partial charge in [-0.3, -0.25) is 9.89 Å². The number of hydrogen-bond donors (Lipinski definition) is 2. The summed E-state index contributed by atoms with van der Waals surface area (Å²) in [6, 6.07) is 3.88. The van der Waals surface area contributed by atoms with Crippen molar-refractivity contribution in [2.75, 3.05) is 5.32 Å². The normalized spacial score (nSPS) is 21.7. The molecule has 3 rings (SSSR count). The van der Waals surface area contributed by atoms with Gasteiger partial charge in [-0.2, -0.15) is 5.10 Å². The first-order valence-corrected chi connectivity index (χ1v) is 6.30. The van der Waals surface area contributed by atoms with Crippen LogP contribution in [0.3, 0.4) is 0 Å². The van der Waals surface area contributed by atoms with E-state index in [0.29, 0.717) is 23.3 Å². The SMILES string of the molecule is CC1CC1c1ccc(/C=C/C(=O)Nc2cn[nH]c2)o1. The predicted molar refractivity (Wildman–Crippen MR) is 71.5 cm³/mol. The van der Waals surface area contributed by atoms with E-state index in [0.717, 1.165) is 5.76 Å². The third-order valence-electron chi connectivity index (χ3n) is 3.29. The van der Waals surface area contributed by atoms with Crippen molar-refractivity contribution in [2.45, 2.75) is 19.3 Å². The van der Waals surface area contributed by atoms with E-state index in [1.165, 1.54) is 12.5 Å². The van der Waals surface area contributed by atoms with Crippen molar-refractivity contribution in [1.29, 1.82) is 0 Å². The van der Waals surface area contributed by atoms with Crippen molar-refractivity contribution < 1.29 is 9.21 Å². The maximum atomic E-state index is 11.6. The number of furan rings is 1. The molecule has 0 aromatic carbocycles. The Morgan fingerprint density at radius 2 is 2.42 bits per heavy atom. The summed E-state index contributed by atoms with van der Waals surface area (Å²) in [7, 11) is 0. The van der Waals surface area contributed by atoms with Crippen LogP contribution in [0, 0.1) is 5.92 Å². The highest BCUT2D eigenvalue weighted by Crippen LogP contribution is 2.47. The smallest absolute Gasteiger partial charge is 0.248 e. The van der Waals surface area contributed by atoms with Gasteiger partial charge in [0.05, 0.1) is 11.9 Å². The second-order valence-corrected chi connectivity index (χ2v) is 4.87. The Morgan fingerprint density at radius 3 is 3.11 bits per heavy atom. The van der Waals surface area contributed by atoms with Crippen molar-refractivity contribution >= 4 is 17.7 Å². The molecule has 5 heteroatoms. The molecule has 0 radical (unpaired) electrons. The molecule has 2 heterocycles. The van der Waals surface area contributed by atoms with E-state index in [-0.39, 0.29) is 5.91 Å². The Bertz CT molecular complexity index is 598. The highest BCUT2D eigenvalue weighted by molar-refractivity contribution is 6.01. The van der Waals surface area contributed by atoms with Crippen molar-refractivity contribution in [3.8, 4) is 0 Å². The molecule has 1 saturated carbocycles. The van der Waals surface area contributed by atoms with Crippen LogP contribution in [-0.4, -0.2) is 16.1 Å². The largest absolute Gasteiger partial charge is 0.461 e. The van der Waals surface area contributed by atoms with Crippen LogP contribution in [0.25, 0.3) is 6.08 Å². The van der Waals surface area contributed by atoms with Gasteiger partial charge in [0, 0.05) is 18.2 Å². The first-order chi connectivity index (χ1) is 9.22. The Kier molecular flexibility index (Phi) is 2.95. The van der Waals surface area contributed by atoms with Crippen LogP contribution in [0.4, 0.5) is 5.69 Å². The highest BCUT2D eigenvalue weighted by atomic mass is 16.3. The molecule has 1 amide bonds. The molecule has 0 saturated heterocycles. The number of aromatic amines is 1. The van der Waals surface area contributed by atoms with Gasteiger partial charge in [-0.15, -0.1) is 0 Å². The lowest BCUT2D eigenvalue weighted by atomic mass is 10.3. The molecule has 1 fully saturated rings. The van der Waals surface area contributed by atoms with Gasteiger partial charge in [0.25, 0.3) is 0 Å². The minimum absolute atomic E-state index is 0.209. The maximum Gasteiger partial charge on any atom is 0.248 e. The van der Waals surface area contributed by atoms with Gasteiger partial charge in [-0.25, -0.2) is 0 Å². The first kappa shape index (κ1) is 11.8. The number of carbonyl (C=O) groups is 1. The van der Waals surface area contributed by atoms with Crippen molar-refractivity contribution in [3.05, 3.63) is 42.1 Å². The van der Waals surface area contributed by atoms with Crippen LogP contribution in [0.5, 0.6) is 0 Å². The zero-order valence-electron chi connectivity index (χ0n) is 10.6. The third kappa shape index (κ3) is 2.76. The molecule has 2 N–H and O–H groups in total. The fourth-order valence-corrected chi connectivity index (χ4v) is 2.04. The lowest BCUT2D eigenvalue weighted by Gasteiger charge is -1.95.